The Morgan fingerprint density at radius 3 is 3.00 bits per heavy atom. The Labute approximate surface area is 77.7 Å². The Balaban J connectivity index is 2.87. The quantitative estimate of drug-likeness (QED) is 0.747. The number of halogens is 1. The molecule has 0 radical (unpaired) electrons. The molecular weight excluding hydrogens is 220 g/mol. The molecule has 0 saturated carbocycles. The lowest BCUT2D eigenvalue weighted by atomic mass is 10.2. The van der Waals surface area contributed by atoms with Crippen LogP contribution in [0.3, 0.4) is 0 Å². The van der Waals surface area contributed by atoms with Gasteiger partial charge in [-0.1, -0.05) is 0 Å². The monoisotopic (exact) mass is 226 g/mol. The van der Waals surface area contributed by atoms with Gasteiger partial charge in [0.2, 0.25) is 0 Å². The minimum absolute atomic E-state index is 0.246. The number of phenolic OH excluding ortho intramolecular Hbond substituents is 1. The van der Waals surface area contributed by atoms with Crippen molar-refractivity contribution in [2.75, 3.05) is 0 Å². The smallest absolute Gasteiger partial charge is 0.130 e. The standard InChI is InChI=1S/C8H7BrN2O/c1-11-7-3-6(9)8(12)2-5(7)4-10-11/h2-4,12H,1H3. The summed E-state index contributed by atoms with van der Waals surface area (Å²) in [5.74, 6) is 0.246. The largest absolute Gasteiger partial charge is 0.507 e. The lowest BCUT2D eigenvalue weighted by Gasteiger charge is -1.97. The van der Waals surface area contributed by atoms with E-state index in [2.05, 4.69) is 21.0 Å². The molecule has 4 heteroatoms. The number of rotatable bonds is 0. The highest BCUT2D eigenvalue weighted by Crippen LogP contribution is 2.28. The van der Waals surface area contributed by atoms with Crippen molar-refractivity contribution in [1.82, 2.24) is 9.78 Å². The van der Waals surface area contributed by atoms with Gasteiger partial charge in [-0.2, -0.15) is 5.10 Å². The summed E-state index contributed by atoms with van der Waals surface area (Å²) in [4.78, 5) is 0. The third kappa shape index (κ3) is 0.992. The van der Waals surface area contributed by atoms with E-state index in [1.54, 1.807) is 16.9 Å². The molecule has 0 spiro atoms. The van der Waals surface area contributed by atoms with Gasteiger partial charge in [-0.3, -0.25) is 4.68 Å². The predicted molar refractivity (Wildman–Crippen MR) is 50.1 cm³/mol. The minimum atomic E-state index is 0.246. The lowest BCUT2D eigenvalue weighted by molar-refractivity contribution is 0.473. The number of phenols is 1. The molecule has 1 N–H and O–H groups in total. The second kappa shape index (κ2) is 2.48. The molecule has 12 heavy (non-hydrogen) atoms. The highest BCUT2D eigenvalue weighted by Gasteiger charge is 2.03. The van der Waals surface area contributed by atoms with Crippen LogP contribution in [0.1, 0.15) is 0 Å². The van der Waals surface area contributed by atoms with Gasteiger partial charge >= 0.3 is 0 Å². The van der Waals surface area contributed by atoms with E-state index < -0.39 is 0 Å². The Morgan fingerprint density at radius 2 is 2.25 bits per heavy atom. The molecule has 2 rings (SSSR count). The molecule has 62 valence electrons. The molecule has 3 nitrogen and oxygen atoms in total. The molecule has 0 aliphatic carbocycles. The van der Waals surface area contributed by atoms with Crippen LogP contribution in [-0.4, -0.2) is 14.9 Å². The van der Waals surface area contributed by atoms with Gasteiger partial charge in [0.05, 0.1) is 16.2 Å². The van der Waals surface area contributed by atoms with Gasteiger partial charge in [0.15, 0.2) is 0 Å². The van der Waals surface area contributed by atoms with E-state index in [1.807, 2.05) is 13.1 Å². The van der Waals surface area contributed by atoms with Gasteiger partial charge in [-0.25, -0.2) is 0 Å². The molecule has 0 fully saturated rings. The third-order valence-corrected chi connectivity index (χ3v) is 2.45. The molecule has 0 saturated heterocycles. The average Bonchev–Trinajstić information content (AvgIpc) is 2.35. The van der Waals surface area contributed by atoms with Crippen molar-refractivity contribution in [3.63, 3.8) is 0 Å². The van der Waals surface area contributed by atoms with Crippen LogP contribution in [0, 0.1) is 0 Å². The number of benzene rings is 1. The maximum atomic E-state index is 9.34. The zero-order valence-corrected chi connectivity index (χ0v) is 8.04. The van der Waals surface area contributed by atoms with Crippen LogP contribution >= 0.6 is 15.9 Å². The molecule has 1 aromatic carbocycles. The number of aromatic hydroxyl groups is 1. The number of aromatic nitrogens is 2. The molecule has 1 aromatic heterocycles. The average molecular weight is 227 g/mol. The number of hydrogen-bond donors (Lipinski definition) is 1. The second-order valence-electron chi connectivity index (χ2n) is 2.63. The molecule has 0 unspecified atom stereocenters. The Morgan fingerprint density at radius 1 is 1.50 bits per heavy atom. The number of hydrogen-bond acceptors (Lipinski definition) is 2. The molecule has 0 atom stereocenters. The van der Waals surface area contributed by atoms with Gasteiger partial charge in [-0.05, 0) is 28.1 Å². The Kier molecular flexibility index (Phi) is 1.58. The van der Waals surface area contributed by atoms with E-state index in [1.165, 1.54) is 0 Å². The normalized spacial score (nSPS) is 10.8. The van der Waals surface area contributed by atoms with E-state index in [9.17, 15) is 5.11 Å². The number of aryl methyl sites for hydroxylation is 1. The van der Waals surface area contributed by atoms with E-state index >= 15 is 0 Å². The highest BCUT2D eigenvalue weighted by molar-refractivity contribution is 9.10. The number of fused-ring (bicyclic) bond motifs is 1. The van der Waals surface area contributed by atoms with Crippen LogP contribution in [0.5, 0.6) is 5.75 Å². The van der Waals surface area contributed by atoms with Gasteiger partial charge < -0.3 is 5.11 Å². The first-order valence-corrected chi connectivity index (χ1v) is 4.28. The molecule has 1 heterocycles. The van der Waals surface area contributed by atoms with Crippen LogP contribution in [0.2, 0.25) is 0 Å². The third-order valence-electron chi connectivity index (χ3n) is 1.81. The summed E-state index contributed by atoms with van der Waals surface area (Å²) < 4.78 is 2.46. The lowest BCUT2D eigenvalue weighted by Crippen LogP contribution is -1.88. The summed E-state index contributed by atoms with van der Waals surface area (Å²) in [5, 5.41) is 14.3. The fourth-order valence-electron chi connectivity index (χ4n) is 1.16. The molecule has 0 aliphatic rings. The van der Waals surface area contributed by atoms with Crippen LogP contribution in [0.4, 0.5) is 0 Å². The van der Waals surface area contributed by atoms with E-state index in [0.29, 0.717) is 4.47 Å². The van der Waals surface area contributed by atoms with Crippen molar-refractivity contribution in [2.45, 2.75) is 0 Å². The van der Waals surface area contributed by atoms with Crippen molar-refractivity contribution < 1.29 is 5.11 Å². The maximum absolute atomic E-state index is 9.34. The SMILES string of the molecule is Cn1ncc2cc(O)c(Br)cc21. The van der Waals surface area contributed by atoms with Crippen LogP contribution in [-0.2, 0) is 7.05 Å². The van der Waals surface area contributed by atoms with E-state index in [0.717, 1.165) is 10.9 Å². The van der Waals surface area contributed by atoms with Gasteiger partial charge in [0, 0.05) is 12.4 Å². The van der Waals surface area contributed by atoms with Crippen LogP contribution < -0.4 is 0 Å². The first-order chi connectivity index (χ1) is 5.68. The van der Waals surface area contributed by atoms with Crippen molar-refractivity contribution in [2.24, 2.45) is 7.05 Å². The molecular formula is C8H7BrN2O. The van der Waals surface area contributed by atoms with Crippen molar-refractivity contribution in [3.05, 3.63) is 22.8 Å². The minimum Gasteiger partial charge on any atom is -0.507 e. The van der Waals surface area contributed by atoms with Crippen molar-refractivity contribution in [3.8, 4) is 5.75 Å². The van der Waals surface area contributed by atoms with Crippen LogP contribution in [0.25, 0.3) is 10.9 Å². The molecule has 0 bridgehead atoms. The summed E-state index contributed by atoms with van der Waals surface area (Å²) in [6.07, 6.45) is 1.72. The zero-order chi connectivity index (χ0) is 8.72. The number of nitrogens with zero attached hydrogens (tertiary/aromatic N) is 2. The molecule has 2 aromatic rings. The molecule has 0 aliphatic heterocycles. The summed E-state index contributed by atoms with van der Waals surface area (Å²) in [6, 6.07) is 3.53. The van der Waals surface area contributed by atoms with E-state index in [-0.39, 0.29) is 5.75 Å². The first-order valence-electron chi connectivity index (χ1n) is 3.48. The van der Waals surface area contributed by atoms with E-state index in [4.69, 9.17) is 0 Å². The van der Waals surface area contributed by atoms with Gasteiger partial charge in [0.1, 0.15) is 5.75 Å². The highest BCUT2D eigenvalue weighted by atomic mass is 79.9. The van der Waals surface area contributed by atoms with Crippen molar-refractivity contribution >= 4 is 26.8 Å². The summed E-state index contributed by atoms with van der Waals surface area (Å²) in [5.41, 5.74) is 1.000. The molecule has 0 amide bonds. The zero-order valence-electron chi connectivity index (χ0n) is 6.45. The summed E-state index contributed by atoms with van der Waals surface area (Å²) in [7, 11) is 1.87. The van der Waals surface area contributed by atoms with Crippen molar-refractivity contribution in [1.29, 1.82) is 0 Å². The fourth-order valence-corrected chi connectivity index (χ4v) is 1.49. The maximum Gasteiger partial charge on any atom is 0.130 e. The Bertz CT molecular complexity index is 436. The first kappa shape index (κ1) is 7.61. The van der Waals surface area contributed by atoms with Crippen LogP contribution in [0.15, 0.2) is 22.8 Å². The summed E-state index contributed by atoms with van der Waals surface area (Å²) in [6.45, 7) is 0. The topological polar surface area (TPSA) is 38.0 Å². The second-order valence-corrected chi connectivity index (χ2v) is 3.48. The van der Waals surface area contributed by atoms with Gasteiger partial charge in [0.25, 0.3) is 0 Å². The fraction of sp³-hybridized carbons (Fsp3) is 0.125. The van der Waals surface area contributed by atoms with Gasteiger partial charge in [-0.15, -0.1) is 0 Å². The predicted octanol–water partition coefficient (Wildman–Crippen LogP) is 2.04. The Hall–Kier alpha value is -1.03. The summed E-state index contributed by atoms with van der Waals surface area (Å²) >= 11 is 3.24.